The number of esters is 1. The van der Waals surface area contributed by atoms with Crippen molar-refractivity contribution in [3.63, 3.8) is 0 Å². The average molecular weight is 476 g/mol. The lowest BCUT2D eigenvalue weighted by molar-refractivity contribution is -0.147. The van der Waals surface area contributed by atoms with Gasteiger partial charge in [0, 0.05) is 17.5 Å². The predicted molar refractivity (Wildman–Crippen MR) is 132 cm³/mol. The zero-order chi connectivity index (χ0) is 23.9. The smallest absolute Gasteiger partial charge is 0.325 e. The van der Waals surface area contributed by atoms with Crippen molar-refractivity contribution >= 4 is 27.7 Å². The number of pyridine rings is 1. The number of benzene rings is 2. The van der Waals surface area contributed by atoms with Crippen molar-refractivity contribution in [3.8, 4) is 10.6 Å². The summed E-state index contributed by atoms with van der Waals surface area (Å²) >= 11 is 1.41. The van der Waals surface area contributed by atoms with Gasteiger partial charge in [0.15, 0.2) is 0 Å². The summed E-state index contributed by atoms with van der Waals surface area (Å²) in [5.41, 5.74) is 3.42. The predicted octanol–water partition coefficient (Wildman–Crippen LogP) is 5.62. The second-order valence-corrected chi connectivity index (χ2v) is 10.2. The van der Waals surface area contributed by atoms with Gasteiger partial charge >= 0.3 is 5.97 Å². The zero-order valence-corrected chi connectivity index (χ0v) is 20.2. The largest absolute Gasteiger partial charge is 0.468 e. The Balaban J connectivity index is 1.39. The molecule has 0 atom stereocenters. The molecule has 0 unspecified atom stereocenters. The lowest BCUT2D eigenvalue weighted by atomic mass is 9.92. The van der Waals surface area contributed by atoms with E-state index in [1.54, 1.807) is 19.9 Å². The topological polar surface area (TPSA) is 64.1 Å². The first-order valence-electron chi connectivity index (χ1n) is 11.3. The van der Waals surface area contributed by atoms with Crippen LogP contribution in [0.25, 0.3) is 20.9 Å². The number of nitrogens with one attached hydrogen (secondary N) is 1. The molecule has 0 aliphatic heterocycles. The standard InChI is InChI=1S/C27H26FN3O2S/c1-26(2,25(32)33-3)29-16-17-9-10-19(20(28)15-17)23-30-21-11-12-22(31-24(21)34-23)27(13-14-27)18-7-5-4-6-8-18/h4-12,15,29H,13-14,16H2,1-3H3. The number of ether oxygens (including phenoxy) is 1. The normalized spacial score (nSPS) is 14.8. The van der Waals surface area contributed by atoms with Crippen molar-refractivity contribution in [3.05, 3.63) is 83.3 Å². The summed E-state index contributed by atoms with van der Waals surface area (Å²) in [4.78, 5) is 22.3. The summed E-state index contributed by atoms with van der Waals surface area (Å²) in [6.07, 6.45) is 2.16. The number of fused-ring (bicyclic) bond motifs is 1. The number of halogens is 1. The van der Waals surface area contributed by atoms with E-state index in [1.165, 1.54) is 30.1 Å². The van der Waals surface area contributed by atoms with Crippen LogP contribution in [0.15, 0.2) is 60.7 Å². The van der Waals surface area contributed by atoms with Crippen LogP contribution in [0.5, 0.6) is 0 Å². The third-order valence-corrected chi connectivity index (χ3v) is 7.51. The van der Waals surface area contributed by atoms with E-state index < -0.39 is 5.54 Å². The van der Waals surface area contributed by atoms with Gasteiger partial charge in [0.25, 0.3) is 0 Å². The second-order valence-electron chi connectivity index (χ2n) is 9.27. The Bertz CT molecular complexity index is 1360. The molecule has 1 saturated carbocycles. The molecule has 7 heteroatoms. The van der Waals surface area contributed by atoms with E-state index in [4.69, 9.17) is 9.72 Å². The average Bonchev–Trinajstić information content (AvgIpc) is 3.55. The lowest BCUT2D eigenvalue weighted by Crippen LogP contribution is -2.46. The Hall–Kier alpha value is -3.16. The van der Waals surface area contributed by atoms with E-state index in [-0.39, 0.29) is 17.2 Å². The summed E-state index contributed by atoms with van der Waals surface area (Å²) in [5, 5.41) is 3.72. The molecule has 0 radical (unpaired) electrons. The minimum Gasteiger partial charge on any atom is -0.468 e. The molecule has 1 aliphatic rings. The van der Waals surface area contributed by atoms with E-state index in [0.717, 1.165) is 34.4 Å². The molecule has 1 fully saturated rings. The molecule has 1 aliphatic carbocycles. The summed E-state index contributed by atoms with van der Waals surface area (Å²) in [6, 6.07) is 19.6. The van der Waals surface area contributed by atoms with Gasteiger partial charge in [-0.3, -0.25) is 10.1 Å². The molecule has 0 saturated heterocycles. The molecule has 0 bridgehead atoms. The van der Waals surface area contributed by atoms with Crippen molar-refractivity contribution in [1.29, 1.82) is 0 Å². The summed E-state index contributed by atoms with van der Waals surface area (Å²) in [7, 11) is 1.35. The highest BCUT2D eigenvalue weighted by Gasteiger charge is 2.47. The van der Waals surface area contributed by atoms with Crippen LogP contribution in [-0.4, -0.2) is 28.6 Å². The van der Waals surface area contributed by atoms with Crippen LogP contribution in [0.1, 0.15) is 43.5 Å². The molecule has 174 valence electrons. The number of carbonyl (C=O) groups is 1. The number of carbonyl (C=O) groups excluding carboxylic acids is 1. The Labute approximate surface area is 202 Å². The van der Waals surface area contributed by atoms with E-state index in [2.05, 4.69) is 40.6 Å². The molecule has 1 N–H and O–H groups in total. The minimum absolute atomic E-state index is 0.0164. The second kappa shape index (κ2) is 8.56. The Morgan fingerprint density at radius 2 is 1.88 bits per heavy atom. The Morgan fingerprint density at radius 3 is 2.56 bits per heavy atom. The van der Waals surface area contributed by atoms with Crippen molar-refractivity contribution in [2.45, 2.75) is 44.2 Å². The molecular formula is C27H26FN3O2S. The maximum atomic E-state index is 15.0. The highest BCUT2D eigenvalue weighted by atomic mass is 32.1. The first kappa shape index (κ1) is 22.6. The highest BCUT2D eigenvalue weighted by Crippen LogP contribution is 2.53. The van der Waals surface area contributed by atoms with Gasteiger partial charge in [-0.2, -0.15) is 0 Å². The van der Waals surface area contributed by atoms with Gasteiger partial charge in [-0.05, 0) is 62.1 Å². The van der Waals surface area contributed by atoms with Gasteiger partial charge in [-0.25, -0.2) is 14.4 Å². The van der Waals surface area contributed by atoms with Crippen molar-refractivity contribution in [2.24, 2.45) is 0 Å². The van der Waals surface area contributed by atoms with Crippen LogP contribution in [-0.2, 0) is 21.5 Å². The first-order chi connectivity index (χ1) is 16.3. The fourth-order valence-electron chi connectivity index (χ4n) is 4.27. The van der Waals surface area contributed by atoms with E-state index in [9.17, 15) is 4.79 Å². The molecule has 5 nitrogen and oxygen atoms in total. The van der Waals surface area contributed by atoms with Gasteiger partial charge in [0.2, 0.25) is 0 Å². The maximum absolute atomic E-state index is 15.0. The molecular weight excluding hydrogens is 449 g/mol. The first-order valence-corrected chi connectivity index (χ1v) is 12.1. The number of rotatable bonds is 7. The van der Waals surface area contributed by atoms with Crippen LogP contribution in [0.3, 0.4) is 0 Å². The molecule has 34 heavy (non-hydrogen) atoms. The SMILES string of the molecule is COC(=O)C(C)(C)NCc1ccc(-c2nc3ccc(C4(c5ccccc5)CC4)nc3s2)c(F)c1. The van der Waals surface area contributed by atoms with Gasteiger partial charge in [-0.15, -0.1) is 0 Å². The van der Waals surface area contributed by atoms with Crippen molar-refractivity contribution in [1.82, 2.24) is 15.3 Å². The van der Waals surface area contributed by atoms with Gasteiger partial charge in [0.05, 0.1) is 12.8 Å². The van der Waals surface area contributed by atoms with E-state index in [0.29, 0.717) is 17.1 Å². The number of aromatic nitrogens is 2. The third-order valence-electron chi connectivity index (χ3n) is 6.52. The quantitative estimate of drug-likeness (QED) is 0.352. The number of methoxy groups -OCH3 is 1. The fraction of sp³-hybridized carbons (Fsp3) is 0.296. The summed E-state index contributed by atoms with van der Waals surface area (Å²) < 4.78 is 19.8. The summed E-state index contributed by atoms with van der Waals surface area (Å²) in [6.45, 7) is 3.80. The molecule has 2 aromatic carbocycles. The van der Waals surface area contributed by atoms with Crippen LogP contribution in [0, 0.1) is 5.82 Å². The van der Waals surface area contributed by atoms with Crippen LogP contribution in [0.4, 0.5) is 4.39 Å². The Kier molecular flexibility index (Phi) is 5.70. The van der Waals surface area contributed by atoms with Crippen molar-refractivity contribution in [2.75, 3.05) is 7.11 Å². The van der Waals surface area contributed by atoms with E-state index in [1.807, 2.05) is 18.2 Å². The number of nitrogens with zero attached hydrogens (tertiary/aromatic N) is 2. The van der Waals surface area contributed by atoms with E-state index >= 15 is 4.39 Å². The minimum atomic E-state index is -0.862. The maximum Gasteiger partial charge on any atom is 0.325 e. The van der Waals surface area contributed by atoms with Crippen LogP contribution in [0.2, 0.25) is 0 Å². The molecule has 2 heterocycles. The van der Waals surface area contributed by atoms with Crippen LogP contribution < -0.4 is 5.32 Å². The van der Waals surface area contributed by atoms with Gasteiger partial charge in [-0.1, -0.05) is 47.7 Å². The Morgan fingerprint density at radius 1 is 1.12 bits per heavy atom. The number of thiazole rings is 1. The molecule has 0 amide bonds. The monoisotopic (exact) mass is 475 g/mol. The third kappa shape index (κ3) is 4.10. The fourth-order valence-corrected chi connectivity index (χ4v) is 5.23. The summed E-state index contributed by atoms with van der Waals surface area (Å²) in [5.74, 6) is -0.719. The zero-order valence-electron chi connectivity index (χ0n) is 19.4. The van der Waals surface area contributed by atoms with Crippen molar-refractivity contribution < 1.29 is 13.9 Å². The number of hydrogen-bond donors (Lipinski definition) is 1. The lowest BCUT2D eigenvalue weighted by Gasteiger charge is -2.23. The molecule has 2 aromatic heterocycles. The highest BCUT2D eigenvalue weighted by molar-refractivity contribution is 7.21. The van der Waals surface area contributed by atoms with Gasteiger partial charge < -0.3 is 4.74 Å². The number of hydrogen-bond acceptors (Lipinski definition) is 6. The van der Waals surface area contributed by atoms with Gasteiger partial charge in [0.1, 0.15) is 26.7 Å². The van der Waals surface area contributed by atoms with Crippen LogP contribution >= 0.6 is 11.3 Å². The molecule has 5 rings (SSSR count). The molecule has 0 spiro atoms. The molecule has 4 aromatic rings.